The average molecular weight is 1110 g/mol. The number of furan rings is 1. The lowest BCUT2D eigenvalue weighted by molar-refractivity contribution is 0.332. The molecule has 0 unspecified atom stereocenters. The Morgan fingerprint density at radius 2 is 1.04 bits per heavy atom. The smallest absolute Gasteiger partial charge is 0.252 e. The standard InChI is InChI=1S/C79H90BN3O/c1-47-39-67-71-68(40-47)83(64-34-30-56(75(10,11)12)70-54-23-21-22-24-69(54)84-72(64)70)65-44-53(81(62-32-25-50(41-48(62)2)73(4,5)6)63-33-26-51(42-49(63)3)74(7,8)9)28-31-60(65)80(71)61-45-58-59(79(19,20)38-37-78(58,17)18)46-66(61)82(67)52-27-29-55-57(43-52)77(15,16)36-35-76(55,13)14/h21-34,39-46H,35-38H2,1-20H3/i1D3. The highest BCUT2D eigenvalue weighted by Crippen LogP contribution is 2.55. The summed E-state index contributed by atoms with van der Waals surface area (Å²) in [5.74, 6) is 0. The van der Waals surface area contributed by atoms with Crippen LogP contribution in [0.3, 0.4) is 0 Å². The predicted octanol–water partition coefficient (Wildman–Crippen LogP) is 20.7. The highest BCUT2D eigenvalue weighted by Gasteiger charge is 2.48. The van der Waals surface area contributed by atoms with Crippen molar-refractivity contribution in [2.45, 2.75) is 202 Å². The molecule has 5 heteroatoms. The molecule has 3 heterocycles. The van der Waals surface area contributed by atoms with E-state index in [9.17, 15) is 4.11 Å². The van der Waals surface area contributed by atoms with E-state index in [0.717, 1.165) is 110 Å². The van der Waals surface area contributed by atoms with Crippen LogP contribution in [0.1, 0.15) is 203 Å². The lowest BCUT2D eigenvalue weighted by atomic mass is 9.33. The van der Waals surface area contributed by atoms with E-state index in [1.54, 1.807) is 0 Å². The van der Waals surface area contributed by atoms with E-state index in [0.29, 0.717) is 5.56 Å². The van der Waals surface area contributed by atoms with Gasteiger partial charge >= 0.3 is 0 Å². The summed E-state index contributed by atoms with van der Waals surface area (Å²) in [7, 11) is 0. The molecule has 430 valence electrons. The van der Waals surface area contributed by atoms with E-state index >= 15 is 0 Å². The highest BCUT2D eigenvalue weighted by atomic mass is 16.3. The van der Waals surface area contributed by atoms with Gasteiger partial charge in [0.05, 0.1) is 5.69 Å². The Bertz CT molecular complexity index is 4280. The molecule has 0 bridgehead atoms. The van der Waals surface area contributed by atoms with Crippen molar-refractivity contribution >= 4 is 96.2 Å². The topological polar surface area (TPSA) is 22.9 Å². The highest BCUT2D eigenvalue weighted by molar-refractivity contribution is 7.00. The molecule has 0 atom stereocenters. The van der Waals surface area contributed by atoms with Crippen molar-refractivity contribution in [1.82, 2.24) is 0 Å². The van der Waals surface area contributed by atoms with Crippen LogP contribution in [0.4, 0.5) is 51.2 Å². The first kappa shape index (κ1) is 52.6. The number of hydrogen-bond acceptors (Lipinski definition) is 4. The van der Waals surface area contributed by atoms with Gasteiger partial charge in [-0.05, 0) is 223 Å². The van der Waals surface area contributed by atoms with Crippen LogP contribution in [0.5, 0.6) is 0 Å². The number of para-hydroxylation sites is 1. The van der Waals surface area contributed by atoms with E-state index in [2.05, 4.69) is 268 Å². The van der Waals surface area contributed by atoms with E-state index in [-0.39, 0.29) is 44.6 Å². The van der Waals surface area contributed by atoms with Gasteiger partial charge in [0.2, 0.25) is 0 Å². The van der Waals surface area contributed by atoms with Crippen molar-refractivity contribution in [3.8, 4) is 0 Å². The molecule has 0 amide bonds. The maximum atomic E-state index is 9.50. The number of hydrogen-bond donors (Lipinski definition) is 0. The van der Waals surface area contributed by atoms with E-state index in [4.69, 9.17) is 4.42 Å². The average Bonchev–Trinajstić information content (AvgIpc) is 1.00. The Morgan fingerprint density at radius 3 is 1.61 bits per heavy atom. The Morgan fingerprint density at radius 1 is 0.488 bits per heavy atom. The Kier molecular flexibility index (Phi) is 11.6. The fraction of sp³-hybridized carbons (Fsp3) is 0.392. The van der Waals surface area contributed by atoms with Crippen LogP contribution in [0, 0.1) is 20.7 Å². The number of rotatable bonds is 5. The fourth-order valence-electron chi connectivity index (χ4n) is 15.2. The van der Waals surface area contributed by atoms with Gasteiger partial charge in [0, 0.05) is 60.4 Å². The van der Waals surface area contributed by atoms with Gasteiger partial charge in [0.1, 0.15) is 5.58 Å². The Hall–Kier alpha value is -6.98. The molecule has 1 aromatic heterocycles. The zero-order valence-electron chi connectivity index (χ0n) is 56.9. The second-order valence-electron chi connectivity index (χ2n) is 31.5. The molecule has 84 heavy (non-hydrogen) atoms. The van der Waals surface area contributed by atoms with E-state index < -0.39 is 6.85 Å². The molecular formula is C79H90BN3O. The molecular weight excluding hydrogens is 1020 g/mol. The molecule has 0 N–H and O–H groups in total. The van der Waals surface area contributed by atoms with Crippen molar-refractivity contribution in [2.75, 3.05) is 14.7 Å². The summed E-state index contributed by atoms with van der Waals surface area (Å²) >= 11 is 0. The molecule has 4 nitrogen and oxygen atoms in total. The van der Waals surface area contributed by atoms with Gasteiger partial charge in [0.25, 0.3) is 6.71 Å². The third-order valence-electron chi connectivity index (χ3n) is 20.5. The lowest BCUT2D eigenvalue weighted by Gasteiger charge is -2.48. The van der Waals surface area contributed by atoms with Gasteiger partial charge < -0.3 is 19.1 Å². The molecule has 0 saturated carbocycles. The van der Waals surface area contributed by atoms with Gasteiger partial charge in [-0.25, -0.2) is 0 Å². The van der Waals surface area contributed by atoms with Gasteiger partial charge in [-0.15, -0.1) is 0 Å². The molecule has 13 rings (SSSR count). The zero-order chi connectivity index (χ0) is 62.4. The van der Waals surface area contributed by atoms with Crippen LogP contribution in [-0.2, 0) is 37.9 Å². The normalized spacial score (nSPS) is 18.1. The summed E-state index contributed by atoms with van der Waals surface area (Å²) in [6.45, 7) is 41.6. The van der Waals surface area contributed by atoms with Crippen molar-refractivity contribution in [1.29, 1.82) is 0 Å². The number of anilines is 9. The molecule has 2 aliphatic carbocycles. The van der Waals surface area contributed by atoms with Crippen molar-refractivity contribution in [3.05, 3.63) is 189 Å². The SMILES string of the molecule is [2H]C([2H])([2H])c1cc2c3c(c1)N(c1ccc(C(C)(C)C)c4c1oc1ccccc14)c1cc(N(c4ccc(C(C)(C)C)cc4C)c4ccc(C(C)(C)C)cc4C)ccc1B3c1cc3c(cc1N2c1ccc2c(c1)C(C)(C)CCC2(C)C)C(C)(C)CCC3(C)C. The fourth-order valence-corrected chi connectivity index (χ4v) is 15.2. The number of fused-ring (bicyclic) bond motifs is 9. The molecule has 8 aromatic carbocycles. The molecule has 0 fully saturated rings. The number of aryl methyl sites for hydroxylation is 3. The lowest BCUT2D eigenvalue weighted by Crippen LogP contribution is -2.62. The Labute approximate surface area is 508 Å². The van der Waals surface area contributed by atoms with Crippen molar-refractivity contribution in [2.24, 2.45) is 0 Å². The molecule has 2 aliphatic heterocycles. The maximum Gasteiger partial charge on any atom is 0.252 e. The molecule has 9 aromatic rings. The van der Waals surface area contributed by atoms with Crippen LogP contribution in [0.25, 0.3) is 21.9 Å². The summed E-state index contributed by atoms with van der Waals surface area (Å²) in [5.41, 5.74) is 25.4. The monoisotopic (exact) mass is 1110 g/mol. The second-order valence-corrected chi connectivity index (χ2v) is 31.5. The first-order chi connectivity index (χ1) is 40.5. The van der Waals surface area contributed by atoms with Crippen LogP contribution in [0.2, 0.25) is 0 Å². The minimum absolute atomic E-state index is 0.00955. The molecule has 0 spiro atoms. The summed E-state index contributed by atoms with van der Waals surface area (Å²) in [6.07, 6.45) is 4.34. The Balaban J connectivity index is 1.18. The number of benzene rings is 8. The molecule has 4 aliphatic rings. The third-order valence-corrected chi connectivity index (χ3v) is 20.5. The second kappa shape index (κ2) is 18.5. The van der Waals surface area contributed by atoms with Crippen LogP contribution in [-0.4, -0.2) is 6.71 Å². The summed E-state index contributed by atoms with van der Waals surface area (Å²) < 4.78 is 35.8. The first-order valence-corrected chi connectivity index (χ1v) is 31.2. The number of nitrogens with zero attached hydrogens (tertiary/aromatic N) is 3. The van der Waals surface area contributed by atoms with Crippen molar-refractivity contribution in [3.63, 3.8) is 0 Å². The van der Waals surface area contributed by atoms with Crippen LogP contribution < -0.4 is 31.1 Å². The first-order valence-electron chi connectivity index (χ1n) is 32.7. The van der Waals surface area contributed by atoms with Crippen LogP contribution in [0.15, 0.2) is 138 Å². The molecule has 0 radical (unpaired) electrons. The van der Waals surface area contributed by atoms with Gasteiger partial charge in [-0.1, -0.05) is 184 Å². The maximum absolute atomic E-state index is 9.50. The largest absolute Gasteiger partial charge is 0.454 e. The zero-order valence-corrected chi connectivity index (χ0v) is 53.9. The summed E-state index contributed by atoms with van der Waals surface area (Å²) in [5, 5.41) is 2.13. The van der Waals surface area contributed by atoms with Gasteiger partial charge in [-0.2, -0.15) is 0 Å². The quantitative estimate of drug-likeness (QED) is 0.160. The van der Waals surface area contributed by atoms with Gasteiger partial charge in [0.15, 0.2) is 5.58 Å². The van der Waals surface area contributed by atoms with Gasteiger partial charge in [-0.3, -0.25) is 0 Å². The van der Waals surface area contributed by atoms with Crippen molar-refractivity contribution < 1.29 is 8.53 Å². The predicted molar refractivity (Wildman–Crippen MR) is 363 cm³/mol. The third kappa shape index (κ3) is 8.73. The van der Waals surface area contributed by atoms with E-state index in [1.807, 2.05) is 12.1 Å². The minimum atomic E-state index is -2.46. The molecule has 0 saturated heterocycles. The van der Waals surface area contributed by atoms with Crippen LogP contribution >= 0.6 is 0 Å². The summed E-state index contributed by atoms with van der Waals surface area (Å²) in [4.78, 5) is 7.34. The summed E-state index contributed by atoms with van der Waals surface area (Å²) in [6, 6.07) is 50.5. The van der Waals surface area contributed by atoms with E-state index in [1.165, 1.54) is 55.5 Å². The minimum Gasteiger partial charge on any atom is -0.454 e.